The summed E-state index contributed by atoms with van der Waals surface area (Å²) in [4.78, 5) is 13.0. The van der Waals surface area contributed by atoms with Gasteiger partial charge >= 0.3 is 0 Å². The third kappa shape index (κ3) is 2.96. The number of carbonyl (C=O) groups excluding carboxylic acids is 1. The van der Waals surface area contributed by atoms with Crippen LogP contribution in [0, 0.1) is 0 Å². The number of hydrogen-bond donors (Lipinski definition) is 0. The highest BCUT2D eigenvalue weighted by Gasteiger charge is 2.34. The monoisotopic (exact) mass is 308 g/mol. The molecule has 0 bridgehead atoms. The number of ether oxygens (including phenoxy) is 1. The summed E-state index contributed by atoms with van der Waals surface area (Å²) in [7, 11) is 1.71. The first-order chi connectivity index (χ1) is 11.3. The molecular weight excluding hydrogens is 284 g/mol. The van der Waals surface area contributed by atoms with Crippen molar-refractivity contribution in [3.8, 4) is 11.1 Å². The fraction of sp³-hybridized carbons (Fsp3) is 0.381. The number of unbranched alkanes of at least 4 members (excludes halogenated alkanes) is 2. The van der Waals surface area contributed by atoms with Crippen molar-refractivity contribution in [3.63, 3.8) is 0 Å². The quantitative estimate of drug-likeness (QED) is 0.666. The van der Waals surface area contributed by atoms with Crippen LogP contribution < -0.4 is 0 Å². The van der Waals surface area contributed by atoms with E-state index in [0.29, 0.717) is 18.8 Å². The second-order valence-electron chi connectivity index (χ2n) is 6.26. The van der Waals surface area contributed by atoms with E-state index in [1.165, 1.54) is 11.1 Å². The summed E-state index contributed by atoms with van der Waals surface area (Å²) < 4.78 is 5.37. The Bertz CT molecular complexity index is 703. The van der Waals surface area contributed by atoms with Crippen LogP contribution in [-0.2, 0) is 16.1 Å². The Morgan fingerprint density at radius 3 is 2.61 bits per heavy atom. The van der Waals surface area contributed by atoms with Crippen LogP contribution in [-0.4, -0.2) is 12.9 Å². The molecule has 2 heteroatoms. The highest BCUT2D eigenvalue weighted by molar-refractivity contribution is 5.98. The average Bonchev–Trinajstić information content (AvgIpc) is 2.91. The topological polar surface area (TPSA) is 26.3 Å². The third-order valence-electron chi connectivity index (χ3n) is 4.70. The maximum atomic E-state index is 13.0. The zero-order valence-electron chi connectivity index (χ0n) is 14.0. The minimum Gasteiger partial charge on any atom is -0.380 e. The molecule has 0 saturated carbocycles. The van der Waals surface area contributed by atoms with Crippen molar-refractivity contribution in [1.29, 1.82) is 0 Å². The molecule has 0 radical (unpaired) electrons. The van der Waals surface area contributed by atoms with E-state index in [1.54, 1.807) is 7.11 Å². The van der Waals surface area contributed by atoms with Gasteiger partial charge in [-0.3, -0.25) is 4.79 Å². The summed E-state index contributed by atoms with van der Waals surface area (Å²) in [6.07, 6.45) is 3.90. The van der Waals surface area contributed by atoms with Crippen molar-refractivity contribution in [1.82, 2.24) is 0 Å². The van der Waals surface area contributed by atoms with Gasteiger partial charge in [0.15, 0.2) is 0 Å². The second-order valence-corrected chi connectivity index (χ2v) is 6.26. The van der Waals surface area contributed by atoms with E-state index < -0.39 is 0 Å². The normalized spacial score (nSPS) is 15.3. The molecular formula is C21H24O2. The van der Waals surface area contributed by atoms with Crippen molar-refractivity contribution in [2.45, 2.75) is 45.1 Å². The number of methoxy groups -OCH3 is 1. The molecule has 0 fully saturated rings. The number of benzene rings is 2. The summed E-state index contributed by atoms with van der Waals surface area (Å²) in [5.74, 6) is 0.220. The molecule has 2 aromatic carbocycles. The van der Waals surface area contributed by atoms with E-state index in [0.717, 1.165) is 36.0 Å². The van der Waals surface area contributed by atoms with Crippen LogP contribution in [0.4, 0.5) is 0 Å². The molecule has 23 heavy (non-hydrogen) atoms. The van der Waals surface area contributed by atoms with Crippen molar-refractivity contribution in [2.75, 3.05) is 7.11 Å². The lowest BCUT2D eigenvalue weighted by atomic mass is 9.87. The predicted molar refractivity (Wildman–Crippen MR) is 93.6 cm³/mol. The molecule has 1 atom stereocenters. The predicted octanol–water partition coefficient (Wildman–Crippen LogP) is 5.09. The number of Topliss-reactive ketones (excluding diaryl/α,β-unsaturated/α-hetero) is 1. The number of fused-ring (bicyclic) bond motifs is 3. The fourth-order valence-electron chi connectivity index (χ4n) is 3.65. The molecule has 1 unspecified atom stereocenters. The van der Waals surface area contributed by atoms with Gasteiger partial charge in [-0.15, -0.1) is 0 Å². The van der Waals surface area contributed by atoms with Gasteiger partial charge in [0.1, 0.15) is 5.78 Å². The van der Waals surface area contributed by atoms with Gasteiger partial charge in [-0.05, 0) is 34.2 Å². The lowest BCUT2D eigenvalue weighted by Crippen LogP contribution is -2.13. The molecule has 0 N–H and O–H groups in total. The van der Waals surface area contributed by atoms with Crippen LogP contribution in [0.15, 0.2) is 42.5 Å². The number of ketones is 1. The highest BCUT2D eigenvalue weighted by atomic mass is 16.5. The third-order valence-corrected chi connectivity index (χ3v) is 4.70. The van der Waals surface area contributed by atoms with Crippen molar-refractivity contribution < 1.29 is 9.53 Å². The Kier molecular flexibility index (Phi) is 4.92. The molecule has 3 rings (SSSR count). The van der Waals surface area contributed by atoms with Crippen LogP contribution >= 0.6 is 0 Å². The van der Waals surface area contributed by atoms with Gasteiger partial charge in [0.2, 0.25) is 0 Å². The lowest BCUT2D eigenvalue weighted by Gasteiger charge is -2.16. The van der Waals surface area contributed by atoms with Crippen LogP contribution in [0.2, 0.25) is 0 Å². The van der Waals surface area contributed by atoms with Crippen molar-refractivity contribution in [2.24, 2.45) is 0 Å². The maximum Gasteiger partial charge on any atom is 0.144 e. The van der Waals surface area contributed by atoms with Gasteiger partial charge < -0.3 is 4.74 Å². The molecule has 0 spiro atoms. The Morgan fingerprint density at radius 1 is 1.04 bits per heavy atom. The van der Waals surface area contributed by atoms with E-state index in [2.05, 4.69) is 43.3 Å². The van der Waals surface area contributed by atoms with Gasteiger partial charge in [0, 0.05) is 13.5 Å². The number of hydrogen-bond acceptors (Lipinski definition) is 2. The summed E-state index contributed by atoms with van der Waals surface area (Å²) in [6.45, 7) is 2.72. The second kappa shape index (κ2) is 7.10. The van der Waals surface area contributed by atoms with Gasteiger partial charge in [-0.2, -0.15) is 0 Å². The summed E-state index contributed by atoms with van der Waals surface area (Å²) in [5, 5.41) is 0. The van der Waals surface area contributed by atoms with Crippen molar-refractivity contribution in [3.05, 3.63) is 59.2 Å². The van der Waals surface area contributed by atoms with E-state index in [-0.39, 0.29) is 5.92 Å². The smallest absolute Gasteiger partial charge is 0.144 e. The standard InChI is InChI=1S/C21H24O2/c1-3-4-5-13-19(22)21-18-11-7-6-10-16(18)17-12-8-9-15(14-23-2)20(17)21/h6-12,21H,3-5,13-14H2,1-2H3. The Balaban J connectivity index is 2.04. The van der Waals surface area contributed by atoms with Gasteiger partial charge in [0.05, 0.1) is 12.5 Å². The summed E-state index contributed by atoms with van der Waals surface area (Å²) in [5.41, 5.74) is 5.86. The van der Waals surface area contributed by atoms with E-state index in [9.17, 15) is 4.79 Å². The van der Waals surface area contributed by atoms with Crippen molar-refractivity contribution >= 4 is 5.78 Å². The van der Waals surface area contributed by atoms with Gasteiger partial charge in [-0.1, -0.05) is 62.2 Å². The SMILES string of the molecule is CCCCCC(=O)C1c2ccccc2-c2cccc(COC)c21. The molecule has 0 heterocycles. The van der Waals surface area contributed by atoms with E-state index >= 15 is 0 Å². The van der Waals surface area contributed by atoms with E-state index in [1.807, 2.05) is 6.07 Å². The Labute approximate surface area is 138 Å². The molecule has 1 aliphatic carbocycles. The lowest BCUT2D eigenvalue weighted by molar-refractivity contribution is -0.119. The maximum absolute atomic E-state index is 13.0. The first-order valence-corrected chi connectivity index (χ1v) is 8.50. The molecule has 0 aliphatic heterocycles. The molecule has 0 aromatic heterocycles. The minimum atomic E-state index is -0.121. The van der Waals surface area contributed by atoms with Crippen LogP contribution in [0.5, 0.6) is 0 Å². The van der Waals surface area contributed by atoms with Crippen LogP contribution in [0.25, 0.3) is 11.1 Å². The van der Waals surface area contributed by atoms with Crippen LogP contribution in [0.3, 0.4) is 0 Å². The molecule has 0 amide bonds. The van der Waals surface area contributed by atoms with E-state index in [4.69, 9.17) is 4.74 Å². The minimum absolute atomic E-state index is 0.121. The van der Waals surface area contributed by atoms with Crippen LogP contribution in [0.1, 0.15) is 55.2 Å². The molecule has 2 nitrogen and oxygen atoms in total. The van der Waals surface area contributed by atoms with Gasteiger partial charge in [0.25, 0.3) is 0 Å². The first kappa shape index (κ1) is 15.9. The zero-order chi connectivity index (χ0) is 16.2. The fourth-order valence-corrected chi connectivity index (χ4v) is 3.65. The molecule has 2 aromatic rings. The number of carbonyl (C=O) groups is 1. The average molecular weight is 308 g/mol. The largest absolute Gasteiger partial charge is 0.380 e. The number of rotatable bonds is 7. The zero-order valence-corrected chi connectivity index (χ0v) is 14.0. The Hall–Kier alpha value is -1.93. The molecule has 120 valence electrons. The Morgan fingerprint density at radius 2 is 1.83 bits per heavy atom. The summed E-state index contributed by atoms with van der Waals surface area (Å²) in [6, 6.07) is 14.6. The molecule has 1 aliphatic rings. The summed E-state index contributed by atoms with van der Waals surface area (Å²) >= 11 is 0. The van der Waals surface area contributed by atoms with Gasteiger partial charge in [-0.25, -0.2) is 0 Å². The highest BCUT2D eigenvalue weighted by Crippen LogP contribution is 2.47. The molecule has 0 saturated heterocycles. The first-order valence-electron chi connectivity index (χ1n) is 8.50.